The van der Waals surface area contributed by atoms with Crippen molar-refractivity contribution >= 4 is 39.0 Å². The summed E-state index contributed by atoms with van der Waals surface area (Å²) >= 11 is 6.00. The summed E-state index contributed by atoms with van der Waals surface area (Å²) in [5, 5.41) is 16.5. The third kappa shape index (κ3) is 3.22. The van der Waals surface area contributed by atoms with Crippen molar-refractivity contribution in [3.63, 3.8) is 0 Å². The van der Waals surface area contributed by atoms with Crippen LogP contribution in [-0.4, -0.2) is 16.3 Å². The molecule has 1 aromatic heterocycles. The number of halogens is 1. The molecule has 0 atom stereocenters. The Labute approximate surface area is 160 Å². The van der Waals surface area contributed by atoms with E-state index >= 15 is 0 Å². The van der Waals surface area contributed by atoms with Gasteiger partial charge in [-0.3, -0.25) is 0 Å². The molecule has 0 fully saturated rings. The molecule has 4 aromatic rings. The number of rotatable bonds is 6. The Morgan fingerprint density at radius 1 is 1.04 bits per heavy atom. The molecule has 0 radical (unpaired) electrons. The molecule has 5 nitrogen and oxygen atoms in total. The van der Waals surface area contributed by atoms with Crippen molar-refractivity contribution in [2.75, 3.05) is 6.61 Å². The maximum atomic E-state index is 11.1. The van der Waals surface area contributed by atoms with E-state index in [1.165, 1.54) is 0 Å². The molecule has 27 heavy (non-hydrogen) atoms. The van der Waals surface area contributed by atoms with Crippen molar-refractivity contribution in [2.45, 2.75) is 13.0 Å². The van der Waals surface area contributed by atoms with E-state index in [-0.39, 0.29) is 11.6 Å². The average molecular weight is 381 g/mol. The van der Waals surface area contributed by atoms with Crippen LogP contribution in [0.25, 0.3) is 21.7 Å². The van der Waals surface area contributed by atoms with Crippen molar-refractivity contribution in [2.24, 2.45) is 5.18 Å². The quantitative estimate of drug-likeness (QED) is 0.328. The monoisotopic (exact) mass is 380 g/mol. The van der Waals surface area contributed by atoms with Gasteiger partial charge in [-0.15, -0.1) is 4.91 Å². The zero-order chi connectivity index (χ0) is 18.8. The molecular formula is C21H17ClN2O3. The minimum Gasteiger partial charge on any atom is -0.493 e. The van der Waals surface area contributed by atoms with Crippen LogP contribution in [0.3, 0.4) is 0 Å². The van der Waals surface area contributed by atoms with Crippen molar-refractivity contribution in [1.29, 1.82) is 0 Å². The van der Waals surface area contributed by atoms with Crippen LogP contribution in [0.15, 0.2) is 65.8 Å². The molecule has 1 heterocycles. The van der Waals surface area contributed by atoms with E-state index in [9.17, 15) is 10.0 Å². The van der Waals surface area contributed by atoms with Crippen LogP contribution in [0.2, 0.25) is 5.02 Å². The highest BCUT2D eigenvalue weighted by atomic mass is 35.5. The van der Waals surface area contributed by atoms with Crippen LogP contribution >= 0.6 is 11.6 Å². The van der Waals surface area contributed by atoms with Crippen LogP contribution in [0.5, 0.6) is 11.6 Å². The van der Waals surface area contributed by atoms with Gasteiger partial charge in [0.2, 0.25) is 5.88 Å². The highest BCUT2D eigenvalue weighted by molar-refractivity contribution is 6.31. The van der Waals surface area contributed by atoms with E-state index in [1.807, 2.05) is 42.5 Å². The second-order valence-electron chi connectivity index (χ2n) is 6.26. The second kappa shape index (κ2) is 7.29. The lowest BCUT2D eigenvalue weighted by Gasteiger charge is -2.11. The van der Waals surface area contributed by atoms with Gasteiger partial charge in [0.25, 0.3) is 0 Å². The van der Waals surface area contributed by atoms with Crippen molar-refractivity contribution < 1.29 is 9.84 Å². The van der Waals surface area contributed by atoms with Gasteiger partial charge in [0.15, 0.2) is 5.69 Å². The first-order valence-corrected chi connectivity index (χ1v) is 9.01. The van der Waals surface area contributed by atoms with E-state index in [0.29, 0.717) is 30.0 Å². The third-order valence-corrected chi connectivity index (χ3v) is 4.83. The molecule has 136 valence electrons. The highest BCUT2D eigenvalue weighted by Gasteiger charge is 2.17. The van der Waals surface area contributed by atoms with Gasteiger partial charge in [-0.05, 0) is 41.2 Å². The summed E-state index contributed by atoms with van der Waals surface area (Å²) in [6.07, 6.45) is 0.654. The molecule has 1 N–H and O–H groups in total. The summed E-state index contributed by atoms with van der Waals surface area (Å²) in [7, 11) is 0. The van der Waals surface area contributed by atoms with Gasteiger partial charge in [0.05, 0.1) is 12.1 Å². The number of aryl methyl sites for hydroxylation is 1. The Bertz CT molecular complexity index is 1130. The average Bonchev–Trinajstić information content (AvgIpc) is 2.95. The minimum atomic E-state index is -0.146. The fourth-order valence-corrected chi connectivity index (χ4v) is 3.51. The molecule has 0 bridgehead atoms. The molecule has 4 rings (SSSR count). The van der Waals surface area contributed by atoms with E-state index in [2.05, 4.69) is 5.18 Å². The summed E-state index contributed by atoms with van der Waals surface area (Å²) in [5.41, 5.74) is 0.735. The van der Waals surface area contributed by atoms with Gasteiger partial charge in [0.1, 0.15) is 5.75 Å². The normalized spacial score (nSPS) is 11.1. The maximum Gasteiger partial charge on any atom is 0.222 e. The predicted octanol–water partition coefficient (Wildman–Crippen LogP) is 6.02. The summed E-state index contributed by atoms with van der Waals surface area (Å²) in [4.78, 5) is 11.1. The van der Waals surface area contributed by atoms with Gasteiger partial charge in [-0.25, -0.2) is 0 Å². The van der Waals surface area contributed by atoms with Crippen LogP contribution in [0.4, 0.5) is 5.69 Å². The lowest BCUT2D eigenvalue weighted by molar-refractivity contribution is 0.301. The molecule has 0 saturated carbocycles. The summed E-state index contributed by atoms with van der Waals surface area (Å²) < 4.78 is 7.61. The topological polar surface area (TPSA) is 63.8 Å². The number of hydrogen-bond donors (Lipinski definition) is 1. The van der Waals surface area contributed by atoms with Crippen molar-refractivity contribution in [3.8, 4) is 11.6 Å². The molecule has 0 amide bonds. The molecule has 0 aliphatic rings. The fraction of sp³-hybridized carbons (Fsp3) is 0.143. The smallest absolute Gasteiger partial charge is 0.222 e. The van der Waals surface area contributed by atoms with E-state index < -0.39 is 0 Å². The number of aromatic hydroxyl groups is 1. The van der Waals surface area contributed by atoms with Crippen LogP contribution < -0.4 is 4.74 Å². The third-order valence-electron chi connectivity index (χ3n) is 4.60. The second-order valence-corrected chi connectivity index (χ2v) is 6.69. The zero-order valence-electron chi connectivity index (χ0n) is 14.4. The van der Waals surface area contributed by atoms with E-state index in [4.69, 9.17) is 16.3 Å². The van der Waals surface area contributed by atoms with Crippen LogP contribution in [-0.2, 0) is 6.54 Å². The fourth-order valence-electron chi connectivity index (χ4n) is 3.34. The number of benzene rings is 3. The van der Waals surface area contributed by atoms with E-state index in [0.717, 1.165) is 22.0 Å². The Kier molecular flexibility index (Phi) is 4.69. The Morgan fingerprint density at radius 2 is 1.85 bits per heavy atom. The zero-order valence-corrected chi connectivity index (χ0v) is 15.2. The first-order valence-electron chi connectivity index (χ1n) is 8.63. The number of nitroso groups, excluding NO2 is 1. The van der Waals surface area contributed by atoms with Crippen molar-refractivity contribution in [1.82, 2.24) is 4.57 Å². The Balaban J connectivity index is 1.51. The number of ether oxygens (including phenoxy) is 1. The number of nitrogens with zero attached hydrogens (tertiary/aromatic N) is 2. The Hall–Kier alpha value is -3.05. The maximum absolute atomic E-state index is 11.1. The van der Waals surface area contributed by atoms with Gasteiger partial charge < -0.3 is 14.4 Å². The summed E-state index contributed by atoms with van der Waals surface area (Å²) in [6, 6.07) is 19.2. The number of hydrogen-bond acceptors (Lipinski definition) is 4. The number of fused-ring (bicyclic) bond motifs is 2. The highest BCUT2D eigenvalue weighted by Crippen LogP contribution is 2.39. The van der Waals surface area contributed by atoms with Gasteiger partial charge in [-0.1, -0.05) is 48.0 Å². The van der Waals surface area contributed by atoms with Gasteiger partial charge >= 0.3 is 0 Å². The molecule has 0 unspecified atom stereocenters. The standard InChI is InChI=1S/C21H17ClN2O3/c22-15-9-10-18-17(13-15)20(23-26)21(25)24(18)11-4-12-27-19-8-3-6-14-5-1-2-7-16(14)19/h1-3,5-10,13,25H,4,11-12H2. The molecule has 0 aliphatic carbocycles. The molecule has 0 aliphatic heterocycles. The SMILES string of the molecule is O=Nc1c(O)n(CCCOc2cccc3ccccc23)c2ccc(Cl)cc12. The van der Waals surface area contributed by atoms with Gasteiger partial charge in [0, 0.05) is 22.3 Å². The molecule has 6 heteroatoms. The lowest BCUT2D eigenvalue weighted by atomic mass is 10.1. The molecular weight excluding hydrogens is 364 g/mol. The first-order chi connectivity index (χ1) is 13.2. The van der Waals surface area contributed by atoms with Gasteiger partial charge in [-0.2, -0.15) is 0 Å². The molecule has 0 saturated heterocycles. The Morgan fingerprint density at radius 3 is 2.70 bits per heavy atom. The molecule has 0 spiro atoms. The number of aromatic nitrogens is 1. The summed E-state index contributed by atoms with van der Waals surface area (Å²) in [6.45, 7) is 0.967. The van der Waals surface area contributed by atoms with Crippen LogP contribution in [0.1, 0.15) is 6.42 Å². The lowest BCUT2D eigenvalue weighted by Crippen LogP contribution is -2.04. The van der Waals surface area contributed by atoms with Crippen LogP contribution in [0, 0.1) is 4.91 Å². The molecule has 3 aromatic carbocycles. The minimum absolute atomic E-state index is 0.0162. The predicted molar refractivity (Wildman–Crippen MR) is 108 cm³/mol. The first kappa shape index (κ1) is 17.4. The van der Waals surface area contributed by atoms with E-state index in [1.54, 1.807) is 22.8 Å². The summed E-state index contributed by atoms with van der Waals surface area (Å²) in [5.74, 6) is 0.684. The largest absolute Gasteiger partial charge is 0.493 e. The van der Waals surface area contributed by atoms with Crippen molar-refractivity contribution in [3.05, 3.63) is 70.6 Å².